The van der Waals surface area contributed by atoms with E-state index in [9.17, 15) is 29.1 Å². The molecule has 5 rings (SSSR count). The van der Waals surface area contributed by atoms with Gasteiger partial charge in [-0.1, -0.05) is 76.2 Å². The average Bonchev–Trinajstić information content (AvgIpc) is 3.56. The summed E-state index contributed by atoms with van der Waals surface area (Å²) >= 11 is 0. The number of nitrogens with zero attached hydrogens (tertiary/aromatic N) is 2. The number of esters is 2. The van der Waals surface area contributed by atoms with Crippen molar-refractivity contribution >= 4 is 36.0 Å². The molecule has 2 aromatic rings. The van der Waals surface area contributed by atoms with Gasteiger partial charge in [-0.3, -0.25) is 19.4 Å². The molecule has 63 heavy (non-hydrogen) atoms. The van der Waals surface area contributed by atoms with Gasteiger partial charge in [-0.2, -0.15) is 0 Å². The summed E-state index contributed by atoms with van der Waals surface area (Å²) in [4.78, 5) is 76.0. The number of likely N-dealkylation sites (N-methyl/N-ethyl adjacent to an activating group) is 1. The van der Waals surface area contributed by atoms with Crippen molar-refractivity contribution in [2.45, 2.75) is 141 Å². The van der Waals surface area contributed by atoms with Crippen molar-refractivity contribution < 1.29 is 57.5 Å². The van der Waals surface area contributed by atoms with Gasteiger partial charge in [-0.25, -0.2) is 9.59 Å². The third-order valence-electron chi connectivity index (χ3n) is 12.8. The highest BCUT2D eigenvalue weighted by molar-refractivity contribution is 5.85. The summed E-state index contributed by atoms with van der Waals surface area (Å²) < 4.78 is 37.8. The van der Waals surface area contributed by atoms with Crippen LogP contribution in [-0.2, 0) is 49.2 Å². The van der Waals surface area contributed by atoms with Gasteiger partial charge in [0.25, 0.3) is 0 Å². The molecule has 14 atom stereocenters. The number of aliphatic hydroxyl groups is 1. The summed E-state index contributed by atoms with van der Waals surface area (Å²) in [5, 5.41) is 17.4. The molecule has 16 nitrogen and oxygen atoms in total. The van der Waals surface area contributed by atoms with Gasteiger partial charge in [0.05, 0.1) is 24.5 Å². The predicted molar refractivity (Wildman–Crippen MR) is 232 cm³/mol. The van der Waals surface area contributed by atoms with Gasteiger partial charge in [0.1, 0.15) is 35.8 Å². The molecule has 2 amide bonds. The number of hydrogen-bond acceptors (Lipinski definition) is 14. The standard InChI is InChI=1S/C47H66N4O12/c1-11-35-47(8)40(50-45(57)63-47)29(4)37(53)27(2)25-46(7,62-44(56)49-22-16-19-32-17-13-12-14-18-32)41(61-43-38(54)34(51(9)10)23-28(3)58-43)30(5)39(31(6)42(55)59-35)60-36(52)24-33-20-15-21-48-26-33/h12-21,26-31,34-35,38-41,43,54H,11,22-25H2,1-10H3,(H,49,56)(H,50,57)/b19-16+/t27-,28-,29+,30+,31-,34+,35-,38-,39+,40-,41-,43+,46-,47-/m1/s1. The highest BCUT2D eigenvalue weighted by Gasteiger charge is 2.58. The minimum absolute atomic E-state index is 0.0822. The fraction of sp³-hybridized carbons (Fsp3) is 0.617. The molecule has 0 spiro atoms. The second kappa shape index (κ2) is 21.2. The van der Waals surface area contributed by atoms with Crippen molar-refractivity contribution in [2.24, 2.45) is 23.7 Å². The second-order valence-corrected chi connectivity index (χ2v) is 18.0. The Balaban J connectivity index is 1.63. The number of alkyl carbamates (subject to hydrolysis) is 2. The van der Waals surface area contributed by atoms with E-state index in [1.807, 2.05) is 62.3 Å². The lowest BCUT2D eigenvalue weighted by molar-refractivity contribution is -0.298. The number of ether oxygens (including phenoxy) is 6. The van der Waals surface area contributed by atoms with Gasteiger partial charge in [0.2, 0.25) is 0 Å². The maximum absolute atomic E-state index is 14.6. The van der Waals surface area contributed by atoms with Gasteiger partial charge < -0.3 is 49.1 Å². The first-order valence-corrected chi connectivity index (χ1v) is 21.9. The van der Waals surface area contributed by atoms with Crippen LogP contribution in [0.3, 0.4) is 0 Å². The molecule has 16 heteroatoms. The zero-order valence-corrected chi connectivity index (χ0v) is 38.1. The summed E-state index contributed by atoms with van der Waals surface area (Å²) in [5.41, 5.74) is -1.72. The Morgan fingerprint density at radius 2 is 1.75 bits per heavy atom. The number of carbonyl (C=O) groups is 5. The van der Waals surface area contributed by atoms with E-state index in [0.717, 1.165) is 5.56 Å². The van der Waals surface area contributed by atoms with Crippen molar-refractivity contribution in [3.8, 4) is 0 Å². The third kappa shape index (κ3) is 11.8. The van der Waals surface area contributed by atoms with E-state index in [1.54, 1.807) is 72.9 Å². The monoisotopic (exact) mass is 878 g/mol. The van der Waals surface area contributed by atoms with Crippen LogP contribution in [-0.4, -0.2) is 126 Å². The molecule has 0 bridgehead atoms. The third-order valence-corrected chi connectivity index (χ3v) is 12.8. The van der Waals surface area contributed by atoms with Crippen LogP contribution >= 0.6 is 0 Å². The maximum Gasteiger partial charge on any atom is 0.408 e. The Labute approximate surface area is 370 Å². The second-order valence-electron chi connectivity index (χ2n) is 18.0. The van der Waals surface area contributed by atoms with Crippen LogP contribution in [0.2, 0.25) is 0 Å². The van der Waals surface area contributed by atoms with Gasteiger partial charge >= 0.3 is 24.1 Å². The van der Waals surface area contributed by atoms with Crippen molar-refractivity contribution in [1.29, 1.82) is 0 Å². The zero-order valence-electron chi connectivity index (χ0n) is 38.1. The molecule has 0 saturated carbocycles. The number of benzene rings is 1. The largest absolute Gasteiger partial charge is 0.461 e. The summed E-state index contributed by atoms with van der Waals surface area (Å²) in [6.07, 6.45) is -1.02. The number of aliphatic hydroxyl groups excluding tert-OH is 1. The average molecular weight is 879 g/mol. The first-order chi connectivity index (χ1) is 29.8. The van der Waals surface area contributed by atoms with E-state index in [1.165, 1.54) is 6.20 Å². The van der Waals surface area contributed by atoms with Crippen molar-refractivity contribution in [1.82, 2.24) is 20.5 Å². The molecular weight excluding hydrogens is 813 g/mol. The quantitative estimate of drug-likeness (QED) is 0.195. The maximum atomic E-state index is 14.6. The number of rotatable bonds is 11. The number of amides is 2. The van der Waals surface area contributed by atoms with Crippen LogP contribution in [0.15, 0.2) is 60.9 Å². The highest BCUT2D eigenvalue weighted by Crippen LogP contribution is 2.42. The number of nitrogens with one attached hydrogen (secondary N) is 2. The Bertz CT molecular complexity index is 1920. The Morgan fingerprint density at radius 1 is 1.03 bits per heavy atom. The lowest BCUT2D eigenvalue weighted by Gasteiger charge is -2.48. The molecule has 3 saturated heterocycles. The fourth-order valence-corrected chi connectivity index (χ4v) is 9.45. The molecule has 1 aromatic carbocycles. The lowest BCUT2D eigenvalue weighted by atomic mass is 9.73. The number of fused-ring (bicyclic) bond motifs is 1. The number of cyclic esters (lactones) is 1. The van der Waals surface area contributed by atoms with E-state index in [-0.39, 0.29) is 37.7 Å². The van der Waals surface area contributed by atoms with Gasteiger partial charge in [-0.15, -0.1) is 0 Å². The number of carbonyl (C=O) groups excluding carboxylic acids is 5. The van der Waals surface area contributed by atoms with Crippen LogP contribution in [0.25, 0.3) is 6.08 Å². The number of aromatic nitrogens is 1. The molecule has 4 heterocycles. The van der Waals surface area contributed by atoms with Crippen molar-refractivity contribution in [3.05, 3.63) is 72.1 Å². The lowest BCUT2D eigenvalue weighted by Crippen LogP contribution is -2.61. The van der Waals surface area contributed by atoms with E-state index in [4.69, 9.17) is 28.4 Å². The van der Waals surface area contributed by atoms with Gasteiger partial charge in [0, 0.05) is 42.7 Å². The summed E-state index contributed by atoms with van der Waals surface area (Å²) in [6, 6.07) is 11.6. The first kappa shape index (κ1) is 49.1. The number of Topliss-reactive ketones (excluding diaryl/α,β-unsaturated/α-hetero) is 1. The number of ketones is 1. The van der Waals surface area contributed by atoms with Gasteiger partial charge in [0.15, 0.2) is 11.9 Å². The fourth-order valence-electron chi connectivity index (χ4n) is 9.45. The van der Waals surface area contributed by atoms with Crippen molar-refractivity contribution in [2.75, 3.05) is 20.6 Å². The molecule has 0 unspecified atom stereocenters. The van der Waals surface area contributed by atoms with Crippen LogP contribution in [0.4, 0.5) is 9.59 Å². The van der Waals surface area contributed by atoms with E-state index >= 15 is 0 Å². The molecular formula is C47H66N4O12. The number of hydrogen-bond donors (Lipinski definition) is 3. The molecule has 3 N–H and O–H groups in total. The van der Waals surface area contributed by atoms with Crippen LogP contribution in [0.1, 0.15) is 85.8 Å². The topological polar surface area (TPSA) is 201 Å². The zero-order chi connectivity index (χ0) is 46.2. The van der Waals surface area contributed by atoms with E-state index < -0.39 is 102 Å². The van der Waals surface area contributed by atoms with E-state index in [0.29, 0.717) is 12.0 Å². The van der Waals surface area contributed by atoms with Crippen LogP contribution in [0.5, 0.6) is 0 Å². The van der Waals surface area contributed by atoms with Crippen molar-refractivity contribution in [3.63, 3.8) is 0 Å². The molecule has 3 fully saturated rings. The molecule has 1 aromatic heterocycles. The molecule has 3 aliphatic heterocycles. The SMILES string of the molecule is CC[C@H]1OC(=O)[C@H](C)[C@@H](OC(=O)Cc2cccnc2)[C@H](C)[C@@H](O[C@@H]2O[C@H](C)C[C@H](N(C)C)[C@H]2O)[C@](C)(OC(=O)NC/C=C/c2ccccc2)C[C@@H](C)C(=O)[C@H](C)[C@H]2NC(=O)O[C@@]21C. The van der Waals surface area contributed by atoms with E-state index in [2.05, 4.69) is 15.6 Å². The highest BCUT2D eigenvalue weighted by atomic mass is 16.7. The number of pyridine rings is 1. The van der Waals surface area contributed by atoms with Crippen LogP contribution in [0, 0.1) is 23.7 Å². The molecule has 0 aliphatic carbocycles. The summed E-state index contributed by atoms with van der Waals surface area (Å²) in [5.74, 6) is -5.68. The summed E-state index contributed by atoms with van der Waals surface area (Å²) in [6.45, 7) is 13.6. The minimum atomic E-state index is -1.74. The Kier molecular flexibility index (Phi) is 16.5. The molecule has 3 aliphatic rings. The predicted octanol–water partition coefficient (Wildman–Crippen LogP) is 5.25. The van der Waals surface area contributed by atoms with Gasteiger partial charge in [-0.05, 0) is 78.2 Å². The Hall–Kier alpha value is -4.90. The Morgan fingerprint density at radius 3 is 2.40 bits per heavy atom. The smallest absolute Gasteiger partial charge is 0.408 e. The minimum Gasteiger partial charge on any atom is -0.461 e. The molecule has 346 valence electrons. The first-order valence-electron chi connectivity index (χ1n) is 21.9. The molecule has 0 radical (unpaired) electrons. The van der Waals surface area contributed by atoms with Crippen LogP contribution < -0.4 is 10.6 Å². The summed E-state index contributed by atoms with van der Waals surface area (Å²) in [7, 11) is 3.67. The normalized spacial score (nSPS) is 35.5.